The summed E-state index contributed by atoms with van der Waals surface area (Å²) in [6.07, 6.45) is 1.50. The van der Waals surface area contributed by atoms with Crippen molar-refractivity contribution in [2.45, 2.75) is 19.8 Å². The van der Waals surface area contributed by atoms with Gasteiger partial charge < -0.3 is 0 Å². The summed E-state index contributed by atoms with van der Waals surface area (Å²) in [5.74, 6) is -0.938. The largest absolute Gasteiger partial charge is 0.206 e. The van der Waals surface area contributed by atoms with Crippen molar-refractivity contribution in [1.29, 1.82) is 5.26 Å². The van der Waals surface area contributed by atoms with Crippen LogP contribution in [0.25, 0.3) is 22.3 Å². The average Bonchev–Trinajstić information content (AvgIpc) is 3.00. The summed E-state index contributed by atoms with van der Waals surface area (Å²) in [6, 6.07) is 15.8. The molecule has 4 rings (SSSR count). The quantitative estimate of drug-likeness (QED) is 0.466. The monoisotopic (exact) mass is 331 g/mol. The number of rotatable bonds is 2. The van der Waals surface area contributed by atoms with E-state index in [1.807, 2.05) is 6.07 Å². The van der Waals surface area contributed by atoms with Gasteiger partial charge in [0.1, 0.15) is 17.7 Å². The lowest BCUT2D eigenvalue weighted by Gasteiger charge is -2.09. The molecule has 0 heterocycles. The van der Waals surface area contributed by atoms with Crippen molar-refractivity contribution in [2.75, 3.05) is 0 Å². The third kappa shape index (κ3) is 2.42. The molecular formula is C22H15F2N. The topological polar surface area (TPSA) is 23.8 Å². The second kappa shape index (κ2) is 5.82. The Labute approximate surface area is 145 Å². The predicted molar refractivity (Wildman–Crippen MR) is 94.1 cm³/mol. The fourth-order valence-electron chi connectivity index (χ4n) is 3.51. The highest BCUT2D eigenvalue weighted by Gasteiger charge is 2.24. The molecule has 0 fully saturated rings. The number of nitriles is 1. The smallest absolute Gasteiger partial charge is 0.141 e. The zero-order valence-corrected chi connectivity index (χ0v) is 13.7. The molecule has 0 saturated carbocycles. The van der Waals surface area contributed by atoms with Crippen LogP contribution in [-0.4, -0.2) is 0 Å². The molecule has 122 valence electrons. The molecule has 0 atom stereocenters. The van der Waals surface area contributed by atoms with Crippen LogP contribution in [0.1, 0.15) is 29.2 Å². The summed E-state index contributed by atoms with van der Waals surface area (Å²) in [4.78, 5) is 0. The number of nitrogens with zero attached hydrogens (tertiary/aromatic N) is 1. The van der Waals surface area contributed by atoms with E-state index >= 15 is 4.39 Å². The van der Waals surface area contributed by atoms with Crippen LogP contribution in [0.5, 0.6) is 0 Å². The number of halogens is 2. The van der Waals surface area contributed by atoms with Crippen LogP contribution in [0.15, 0.2) is 48.5 Å². The van der Waals surface area contributed by atoms with Crippen molar-refractivity contribution < 1.29 is 8.78 Å². The minimum absolute atomic E-state index is 0.0372. The van der Waals surface area contributed by atoms with Crippen LogP contribution in [0, 0.1) is 23.0 Å². The lowest BCUT2D eigenvalue weighted by atomic mass is 9.97. The standard InChI is InChI=1S/C22H15F2N/c1-2-13-3-6-17-16(9-13)10-20-19(17)8-7-18(22(20)24)14-4-5-15(12-25)21(23)11-14/h3-9,11H,2,10H2,1H3. The van der Waals surface area contributed by atoms with E-state index in [1.165, 1.54) is 17.7 Å². The van der Waals surface area contributed by atoms with Crippen LogP contribution in [-0.2, 0) is 12.8 Å². The van der Waals surface area contributed by atoms with Gasteiger partial charge in [0.25, 0.3) is 0 Å². The molecule has 1 nitrogen and oxygen atoms in total. The highest BCUT2D eigenvalue weighted by Crippen LogP contribution is 2.41. The normalized spacial score (nSPS) is 11.8. The van der Waals surface area contributed by atoms with Gasteiger partial charge in [0.05, 0.1) is 5.56 Å². The highest BCUT2D eigenvalue weighted by molar-refractivity contribution is 5.81. The van der Waals surface area contributed by atoms with Crippen molar-refractivity contribution in [1.82, 2.24) is 0 Å². The molecule has 3 aromatic carbocycles. The number of fused-ring (bicyclic) bond motifs is 3. The van der Waals surface area contributed by atoms with E-state index in [4.69, 9.17) is 5.26 Å². The molecule has 1 aliphatic rings. The molecule has 0 aromatic heterocycles. The zero-order chi connectivity index (χ0) is 17.6. The van der Waals surface area contributed by atoms with E-state index < -0.39 is 5.82 Å². The van der Waals surface area contributed by atoms with Gasteiger partial charge in [0.2, 0.25) is 0 Å². The SMILES string of the molecule is CCc1ccc2c(c1)Cc1c-2ccc(-c2ccc(C#N)c(F)c2)c1F. The second-order valence-corrected chi connectivity index (χ2v) is 6.28. The number of aryl methyl sites for hydroxylation is 1. The van der Waals surface area contributed by atoms with Crippen LogP contribution < -0.4 is 0 Å². The van der Waals surface area contributed by atoms with E-state index in [0.29, 0.717) is 23.1 Å². The fraction of sp³-hybridized carbons (Fsp3) is 0.136. The molecule has 0 bridgehead atoms. The van der Waals surface area contributed by atoms with Gasteiger partial charge in [-0.05, 0) is 46.4 Å². The van der Waals surface area contributed by atoms with E-state index in [9.17, 15) is 4.39 Å². The Bertz CT molecular complexity index is 1040. The lowest BCUT2D eigenvalue weighted by molar-refractivity contribution is 0.616. The van der Waals surface area contributed by atoms with Gasteiger partial charge in [0.15, 0.2) is 0 Å². The second-order valence-electron chi connectivity index (χ2n) is 6.28. The first-order chi connectivity index (χ1) is 12.1. The van der Waals surface area contributed by atoms with Crippen LogP contribution in [0.2, 0.25) is 0 Å². The van der Waals surface area contributed by atoms with Crippen molar-refractivity contribution in [3.63, 3.8) is 0 Å². The maximum absolute atomic E-state index is 15.1. The van der Waals surface area contributed by atoms with Crippen LogP contribution in [0.4, 0.5) is 8.78 Å². The van der Waals surface area contributed by atoms with Crippen molar-refractivity contribution in [2.24, 2.45) is 0 Å². The molecule has 0 spiro atoms. The van der Waals surface area contributed by atoms with Gasteiger partial charge in [-0.25, -0.2) is 8.78 Å². The average molecular weight is 331 g/mol. The summed E-state index contributed by atoms with van der Waals surface area (Å²) in [5.41, 5.74) is 5.79. The Kier molecular flexibility index (Phi) is 3.62. The van der Waals surface area contributed by atoms with Gasteiger partial charge in [-0.3, -0.25) is 0 Å². The molecule has 0 aliphatic heterocycles. The summed E-state index contributed by atoms with van der Waals surface area (Å²) in [7, 11) is 0. The van der Waals surface area contributed by atoms with Crippen molar-refractivity contribution >= 4 is 0 Å². The van der Waals surface area contributed by atoms with Gasteiger partial charge in [0, 0.05) is 17.5 Å². The molecule has 0 N–H and O–H groups in total. The maximum atomic E-state index is 15.1. The van der Waals surface area contributed by atoms with E-state index in [1.54, 1.807) is 18.2 Å². The first-order valence-corrected chi connectivity index (χ1v) is 8.26. The maximum Gasteiger partial charge on any atom is 0.141 e. The van der Waals surface area contributed by atoms with Crippen molar-refractivity contribution in [3.8, 4) is 28.3 Å². The number of hydrogen-bond donors (Lipinski definition) is 0. The van der Waals surface area contributed by atoms with Gasteiger partial charge in [-0.15, -0.1) is 0 Å². The lowest BCUT2D eigenvalue weighted by Crippen LogP contribution is -1.94. The summed E-state index contributed by atoms with van der Waals surface area (Å²) >= 11 is 0. The molecule has 3 heteroatoms. The zero-order valence-electron chi connectivity index (χ0n) is 13.7. The van der Waals surface area contributed by atoms with Gasteiger partial charge >= 0.3 is 0 Å². The minimum Gasteiger partial charge on any atom is -0.206 e. The van der Waals surface area contributed by atoms with Crippen molar-refractivity contribution in [3.05, 3.63) is 82.4 Å². The minimum atomic E-state index is -0.629. The highest BCUT2D eigenvalue weighted by atomic mass is 19.1. The molecule has 0 amide bonds. The predicted octanol–water partition coefficient (Wildman–Crippen LogP) is 5.64. The molecule has 0 saturated heterocycles. The Morgan fingerprint density at radius 3 is 2.44 bits per heavy atom. The van der Waals surface area contributed by atoms with Crippen LogP contribution in [0.3, 0.4) is 0 Å². The van der Waals surface area contributed by atoms with E-state index in [-0.39, 0.29) is 11.4 Å². The van der Waals surface area contributed by atoms with Crippen LogP contribution >= 0.6 is 0 Å². The summed E-state index contributed by atoms with van der Waals surface area (Å²) in [6.45, 7) is 2.10. The molecule has 0 radical (unpaired) electrons. The first-order valence-electron chi connectivity index (χ1n) is 8.26. The third-order valence-electron chi connectivity index (χ3n) is 4.88. The number of hydrogen-bond acceptors (Lipinski definition) is 1. The fourth-order valence-corrected chi connectivity index (χ4v) is 3.51. The molecular weight excluding hydrogens is 316 g/mol. The van der Waals surface area contributed by atoms with E-state index in [2.05, 4.69) is 25.1 Å². The Morgan fingerprint density at radius 2 is 1.72 bits per heavy atom. The Balaban J connectivity index is 1.82. The number of benzene rings is 3. The third-order valence-corrected chi connectivity index (χ3v) is 4.88. The Morgan fingerprint density at radius 1 is 0.960 bits per heavy atom. The Hall–Kier alpha value is -2.99. The van der Waals surface area contributed by atoms with Gasteiger partial charge in [-0.2, -0.15) is 5.26 Å². The molecule has 25 heavy (non-hydrogen) atoms. The summed E-state index contributed by atoms with van der Waals surface area (Å²) < 4.78 is 29.0. The molecule has 3 aromatic rings. The van der Waals surface area contributed by atoms with Gasteiger partial charge in [-0.1, -0.05) is 43.3 Å². The molecule has 1 aliphatic carbocycles. The summed E-state index contributed by atoms with van der Waals surface area (Å²) in [5, 5.41) is 8.84. The molecule has 0 unspecified atom stereocenters. The first kappa shape index (κ1) is 15.5. The van der Waals surface area contributed by atoms with E-state index in [0.717, 1.165) is 23.1 Å².